The Morgan fingerprint density at radius 3 is 2.81 bits per heavy atom. The van der Waals surface area contributed by atoms with E-state index in [0.29, 0.717) is 0 Å². The van der Waals surface area contributed by atoms with Crippen LogP contribution in [0, 0.1) is 0 Å². The van der Waals surface area contributed by atoms with E-state index in [-0.39, 0.29) is 5.84 Å². The van der Waals surface area contributed by atoms with E-state index in [9.17, 15) is 0 Å². The fourth-order valence-electron chi connectivity index (χ4n) is 2.94. The maximum atomic E-state index is 5.83. The largest absolute Gasteiger partial charge is 0.497 e. The van der Waals surface area contributed by atoms with Crippen molar-refractivity contribution in [2.75, 3.05) is 12.4 Å². The summed E-state index contributed by atoms with van der Waals surface area (Å²) in [5.41, 5.74) is 10.2. The van der Waals surface area contributed by atoms with Gasteiger partial charge < -0.3 is 26.0 Å². The molecule has 0 bridgehead atoms. The lowest BCUT2D eigenvalue weighted by Gasteiger charge is -2.12. The van der Waals surface area contributed by atoms with Crippen LogP contribution in [0.3, 0.4) is 0 Å². The minimum atomic E-state index is 0.267. The lowest BCUT2D eigenvalue weighted by molar-refractivity contribution is 0.415. The van der Waals surface area contributed by atoms with E-state index in [0.717, 1.165) is 39.4 Å². The van der Waals surface area contributed by atoms with Crippen molar-refractivity contribution in [1.82, 2.24) is 9.38 Å². The Balaban J connectivity index is 1.87. The van der Waals surface area contributed by atoms with E-state index in [1.54, 1.807) is 7.11 Å². The summed E-state index contributed by atoms with van der Waals surface area (Å²) in [5, 5.41) is 6.92. The van der Waals surface area contributed by atoms with Crippen LogP contribution in [0.4, 0.5) is 11.5 Å². The Kier molecular flexibility index (Phi) is 3.81. The molecule has 0 atom stereocenters. The van der Waals surface area contributed by atoms with Crippen LogP contribution >= 0.6 is 0 Å². The third-order valence-corrected chi connectivity index (χ3v) is 4.23. The van der Waals surface area contributed by atoms with Gasteiger partial charge in [-0.1, -0.05) is 6.07 Å². The summed E-state index contributed by atoms with van der Waals surface area (Å²) in [6, 6.07) is 17.4. The molecule has 0 spiro atoms. The molecule has 7 heteroatoms. The van der Waals surface area contributed by atoms with Crippen molar-refractivity contribution in [2.45, 2.75) is 0 Å². The van der Waals surface area contributed by atoms with Crippen molar-refractivity contribution in [3.8, 4) is 5.75 Å². The highest BCUT2D eigenvalue weighted by atomic mass is 16.5. The zero-order valence-corrected chi connectivity index (χ0v) is 14.2. The average Bonchev–Trinajstić information content (AvgIpc) is 3.17. The van der Waals surface area contributed by atoms with Crippen molar-refractivity contribution in [1.29, 1.82) is 0 Å². The highest BCUT2D eigenvalue weighted by Gasteiger charge is 2.10. The molecule has 0 radical (unpaired) electrons. The highest BCUT2D eigenvalue weighted by molar-refractivity contribution is 6.00. The molecule has 4 rings (SSSR count). The highest BCUT2D eigenvalue weighted by Crippen LogP contribution is 2.27. The molecule has 0 amide bonds. The van der Waals surface area contributed by atoms with Gasteiger partial charge >= 0.3 is 0 Å². The first kappa shape index (κ1) is 15.8. The van der Waals surface area contributed by atoms with E-state index in [1.807, 2.05) is 60.8 Å². The molecule has 2 heterocycles. The van der Waals surface area contributed by atoms with Crippen molar-refractivity contribution in [2.24, 2.45) is 16.7 Å². The smallest absolute Gasteiger partial charge is 0.155 e. The van der Waals surface area contributed by atoms with E-state index in [2.05, 4.69) is 14.8 Å². The minimum absolute atomic E-state index is 0.267. The number of nitrogens with two attached hydrogens (primary N) is 2. The fourth-order valence-corrected chi connectivity index (χ4v) is 2.94. The predicted molar refractivity (Wildman–Crippen MR) is 104 cm³/mol. The van der Waals surface area contributed by atoms with Gasteiger partial charge in [0.2, 0.25) is 0 Å². The van der Waals surface area contributed by atoms with Gasteiger partial charge in [-0.05, 0) is 42.5 Å². The van der Waals surface area contributed by atoms with Gasteiger partial charge in [0.1, 0.15) is 11.6 Å². The summed E-state index contributed by atoms with van der Waals surface area (Å²) >= 11 is 0. The standard InChI is InChI=1S/C19H18N6O/c1-26-14-5-2-4-13(11-14)22-19-17-6-3-9-25(17)16-8-7-12(18(20)24-21)10-15(16)23-19/h2-11H,21H2,1H3,(H2,20,24)(H,22,23). The van der Waals surface area contributed by atoms with Crippen LogP contribution in [0.2, 0.25) is 0 Å². The van der Waals surface area contributed by atoms with E-state index < -0.39 is 0 Å². The zero-order valence-electron chi connectivity index (χ0n) is 14.2. The number of nitrogens with one attached hydrogen (secondary N) is 1. The maximum absolute atomic E-state index is 5.83. The Morgan fingerprint density at radius 2 is 2.00 bits per heavy atom. The third-order valence-electron chi connectivity index (χ3n) is 4.23. The number of amidine groups is 1. The first-order valence-corrected chi connectivity index (χ1v) is 8.05. The number of methoxy groups -OCH3 is 1. The molecule has 0 aliphatic carbocycles. The number of rotatable bonds is 4. The molecule has 130 valence electrons. The van der Waals surface area contributed by atoms with Gasteiger partial charge in [0.05, 0.1) is 23.7 Å². The van der Waals surface area contributed by atoms with E-state index in [1.165, 1.54) is 0 Å². The first-order valence-electron chi connectivity index (χ1n) is 8.05. The summed E-state index contributed by atoms with van der Waals surface area (Å²) in [4.78, 5) is 4.78. The summed E-state index contributed by atoms with van der Waals surface area (Å²) in [6.45, 7) is 0. The molecule has 0 aliphatic rings. The normalized spacial score (nSPS) is 11.8. The number of nitrogens with zero attached hydrogens (tertiary/aromatic N) is 3. The van der Waals surface area contributed by atoms with Crippen LogP contribution in [-0.2, 0) is 0 Å². The number of anilines is 2. The fraction of sp³-hybridized carbons (Fsp3) is 0.0526. The molecule has 5 N–H and O–H groups in total. The zero-order chi connectivity index (χ0) is 18.1. The van der Waals surface area contributed by atoms with Gasteiger partial charge in [0.15, 0.2) is 5.82 Å². The number of hydrogen-bond donors (Lipinski definition) is 3. The van der Waals surface area contributed by atoms with Gasteiger partial charge in [0, 0.05) is 23.5 Å². The molecular formula is C19H18N6O. The molecular weight excluding hydrogens is 328 g/mol. The SMILES string of the molecule is COc1cccc(Nc2nc3cc(/C(N)=N/N)ccc3n3cccc23)c1. The molecule has 2 aromatic carbocycles. The second-order valence-electron chi connectivity index (χ2n) is 5.80. The number of fused-ring (bicyclic) bond motifs is 3. The molecule has 0 saturated carbocycles. The Bertz CT molecular complexity index is 1130. The molecule has 0 unspecified atom stereocenters. The number of hydrogen-bond acceptors (Lipinski definition) is 5. The van der Waals surface area contributed by atoms with Crippen LogP contribution in [-0.4, -0.2) is 22.3 Å². The monoisotopic (exact) mass is 346 g/mol. The van der Waals surface area contributed by atoms with E-state index >= 15 is 0 Å². The van der Waals surface area contributed by atoms with Crippen molar-refractivity contribution >= 4 is 33.9 Å². The molecule has 0 fully saturated rings. The Morgan fingerprint density at radius 1 is 1.12 bits per heavy atom. The van der Waals surface area contributed by atoms with Crippen LogP contribution in [0.1, 0.15) is 5.56 Å². The molecule has 0 aliphatic heterocycles. The van der Waals surface area contributed by atoms with Crippen LogP contribution in [0.5, 0.6) is 5.75 Å². The Labute approximate surface area is 149 Å². The third kappa shape index (κ3) is 2.65. The number of benzene rings is 2. The number of hydrazone groups is 1. The Hall–Kier alpha value is -3.74. The van der Waals surface area contributed by atoms with Gasteiger partial charge in [-0.25, -0.2) is 4.98 Å². The molecule has 7 nitrogen and oxygen atoms in total. The predicted octanol–water partition coefficient (Wildman–Crippen LogP) is 2.82. The quantitative estimate of drug-likeness (QED) is 0.228. The topological polar surface area (TPSA) is 103 Å². The lowest BCUT2D eigenvalue weighted by Crippen LogP contribution is -2.15. The van der Waals surface area contributed by atoms with Crippen LogP contribution < -0.4 is 21.6 Å². The molecule has 26 heavy (non-hydrogen) atoms. The van der Waals surface area contributed by atoms with Gasteiger partial charge in [-0.3, -0.25) is 0 Å². The van der Waals surface area contributed by atoms with E-state index in [4.69, 9.17) is 21.3 Å². The van der Waals surface area contributed by atoms with Crippen molar-refractivity contribution in [3.63, 3.8) is 0 Å². The second kappa shape index (κ2) is 6.29. The summed E-state index contributed by atoms with van der Waals surface area (Å²) in [5.74, 6) is 7.07. The van der Waals surface area contributed by atoms with Crippen molar-refractivity contribution in [3.05, 3.63) is 66.4 Å². The number of ether oxygens (including phenoxy) is 1. The summed E-state index contributed by atoms with van der Waals surface area (Å²) in [6.07, 6.45) is 2.00. The van der Waals surface area contributed by atoms with Crippen molar-refractivity contribution < 1.29 is 4.74 Å². The lowest BCUT2D eigenvalue weighted by atomic mass is 10.1. The number of aromatic nitrogens is 2. The maximum Gasteiger partial charge on any atom is 0.155 e. The van der Waals surface area contributed by atoms with Crippen LogP contribution in [0.25, 0.3) is 16.6 Å². The van der Waals surface area contributed by atoms with Gasteiger partial charge in [-0.2, -0.15) is 5.10 Å². The summed E-state index contributed by atoms with van der Waals surface area (Å²) < 4.78 is 7.36. The minimum Gasteiger partial charge on any atom is -0.497 e. The van der Waals surface area contributed by atoms with Gasteiger partial charge in [-0.15, -0.1) is 0 Å². The molecule has 4 aromatic rings. The van der Waals surface area contributed by atoms with Crippen LogP contribution in [0.15, 0.2) is 65.9 Å². The summed E-state index contributed by atoms with van der Waals surface area (Å²) in [7, 11) is 1.64. The van der Waals surface area contributed by atoms with Gasteiger partial charge in [0.25, 0.3) is 0 Å². The first-order chi connectivity index (χ1) is 12.7. The average molecular weight is 346 g/mol. The molecule has 0 saturated heterocycles. The molecule has 2 aromatic heterocycles. The second-order valence-corrected chi connectivity index (χ2v) is 5.80.